The molecular weight excluding hydrogens is 286 g/mol. The van der Waals surface area contributed by atoms with Crippen molar-refractivity contribution >= 4 is 6.41 Å². The largest absolute Gasteiger partial charge is 0.494 e. The van der Waals surface area contributed by atoms with Crippen LogP contribution in [0.25, 0.3) is 0 Å². The first kappa shape index (κ1) is 23.0. The molecule has 0 saturated carbocycles. The Morgan fingerprint density at radius 3 is 2.30 bits per heavy atom. The summed E-state index contributed by atoms with van der Waals surface area (Å²) < 4.78 is 5.72. The highest BCUT2D eigenvalue weighted by Crippen LogP contribution is 2.07. The molecule has 0 aliphatic carbocycles. The van der Waals surface area contributed by atoms with Gasteiger partial charge in [0.2, 0.25) is 6.41 Å². The molecule has 1 rings (SSSR count). The third-order valence-corrected chi connectivity index (χ3v) is 2.70. The molecule has 0 radical (unpaired) electrons. The molecule has 1 amide bonds. The van der Waals surface area contributed by atoms with Gasteiger partial charge in [-0.15, -0.1) is 0 Å². The van der Waals surface area contributed by atoms with Crippen LogP contribution in [0.2, 0.25) is 0 Å². The summed E-state index contributed by atoms with van der Waals surface area (Å²) in [6.07, 6.45) is 8.16. The zero-order valence-corrected chi connectivity index (χ0v) is 14.9. The normalized spacial score (nSPS) is 10.4. The van der Waals surface area contributed by atoms with Gasteiger partial charge >= 0.3 is 0 Å². The molecule has 3 heteroatoms. The van der Waals surface area contributed by atoms with Crippen molar-refractivity contribution in [2.75, 3.05) is 6.61 Å². The van der Waals surface area contributed by atoms with E-state index in [-0.39, 0.29) is 6.41 Å². The van der Waals surface area contributed by atoms with Gasteiger partial charge in [0.25, 0.3) is 0 Å². The number of hydrogen-bond acceptors (Lipinski definition) is 2. The molecule has 0 aliphatic rings. The number of nitrogens with two attached hydrogens (primary N) is 1. The quantitative estimate of drug-likeness (QED) is 0.340. The van der Waals surface area contributed by atoms with E-state index < -0.39 is 0 Å². The van der Waals surface area contributed by atoms with Gasteiger partial charge in [0.1, 0.15) is 5.76 Å². The summed E-state index contributed by atoms with van der Waals surface area (Å²) >= 11 is 0. The molecule has 1 aromatic carbocycles. The van der Waals surface area contributed by atoms with E-state index in [1.54, 1.807) is 0 Å². The molecule has 0 unspecified atom stereocenters. The van der Waals surface area contributed by atoms with Gasteiger partial charge in [-0.3, -0.25) is 4.79 Å². The third kappa shape index (κ3) is 14.4. The highest BCUT2D eigenvalue weighted by molar-refractivity contribution is 5.42. The first-order valence-corrected chi connectivity index (χ1v) is 7.97. The second-order valence-corrected chi connectivity index (χ2v) is 4.36. The van der Waals surface area contributed by atoms with Gasteiger partial charge in [0, 0.05) is 0 Å². The first-order chi connectivity index (χ1) is 11.2. The summed E-state index contributed by atoms with van der Waals surface area (Å²) in [7, 11) is 0. The van der Waals surface area contributed by atoms with E-state index in [0.29, 0.717) is 0 Å². The minimum Gasteiger partial charge on any atom is -0.494 e. The van der Waals surface area contributed by atoms with E-state index >= 15 is 0 Å². The van der Waals surface area contributed by atoms with Crippen LogP contribution in [0.1, 0.15) is 39.7 Å². The van der Waals surface area contributed by atoms with E-state index in [1.165, 1.54) is 5.56 Å². The molecule has 1 aromatic rings. The number of benzene rings is 1. The lowest BCUT2D eigenvalue weighted by Crippen LogP contribution is -1.96. The van der Waals surface area contributed by atoms with E-state index in [4.69, 9.17) is 9.53 Å². The predicted molar refractivity (Wildman–Crippen MR) is 100 cm³/mol. The van der Waals surface area contributed by atoms with E-state index in [0.717, 1.165) is 30.8 Å². The lowest BCUT2D eigenvalue weighted by molar-refractivity contribution is -0.106. The Hall–Kier alpha value is -2.29. The number of allylic oxidation sites excluding steroid dienone is 4. The number of carbonyl (C=O) groups excluding carboxylic acids is 1. The number of primary amides is 1. The standard InChI is InChI=1S/C17H22O.C2H6.CH3NO/c1-4-15(3)14-17(5-2)18-13-9-12-16-10-7-6-8-11-16;1-2;2-1-3/h4-8,10-11,14H,1,9,12-13H2,2-3H3;1-2H3;1H,(H2,2,3)/b15-14-,17-5+;;. The van der Waals surface area contributed by atoms with Gasteiger partial charge in [0.05, 0.1) is 6.61 Å². The van der Waals surface area contributed by atoms with Gasteiger partial charge < -0.3 is 10.5 Å². The lowest BCUT2D eigenvalue weighted by Gasteiger charge is -2.07. The average molecular weight is 317 g/mol. The zero-order chi connectivity index (χ0) is 17.9. The Bertz CT molecular complexity index is 462. The molecule has 0 spiro atoms. The van der Waals surface area contributed by atoms with Crippen LogP contribution in [0.5, 0.6) is 0 Å². The average Bonchev–Trinajstić information content (AvgIpc) is 2.60. The number of rotatable bonds is 7. The van der Waals surface area contributed by atoms with Crippen LogP contribution < -0.4 is 5.73 Å². The lowest BCUT2D eigenvalue weighted by atomic mass is 10.1. The van der Waals surface area contributed by atoms with Crippen molar-refractivity contribution in [3.05, 3.63) is 72.0 Å². The van der Waals surface area contributed by atoms with Gasteiger partial charge in [-0.05, 0) is 50.0 Å². The molecule has 0 heterocycles. The predicted octanol–water partition coefficient (Wildman–Crippen LogP) is 4.80. The summed E-state index contributed by atoms with van der Waals surface area (Å²) in [5.41, 5.74) is 6.65. The summed E-state index contributed by atoms with van der Waals surface area (Å²) in [4.78, 5) is 8.58. The minimum atomic E-state index is 0.250. The SMILES string of the molecule is C=C/C(C)=C\C(=C/C)OCCCc1ccccc1.CC.NC=O. The Kier molecular flexibility index (Phi) is 17.7. The minimum absolute atomic E-state index is 0.250. The highest BCUT2D eigenvalue weighted by Gasteiger charge is 1.95. The second-order valence-electron chi connectivity index (χ2n) is 4.36. The molecule has 0 bridgehead atoms. The molecule has 0 aromatic heterocycles. The molecule has 23 heavy (non-hydrogen) atoms. The van der Waals surface area contributed by atoms with Crippen LogP contribution in [-0.2, 0) is 16.0 Å². The highest BCUT2D eigenvalue weighted by atomic mass is 16.5. The van der Waals surface area contributed by atoms with Crippen molar-refractivity contribution in [2.24, 2.45) is 5.73 Å². The number of amides is 1. The summed E-state index contributed by atoms with van der Waals surface area (Å²) in [6, 6.07) is 10.5. The number of carbonyl (C=O) groups is 1. The summed E-state index contributed by atoms with van der Waals surface area (Å²) in [6.45, 7) is 12.5. The molecule has 0 saturated heterocycles. The van der Waals surface area contributed by atoms with Crippen LogP contribution in [0.3, 0.4) is 0 Å². The van der Waals surface area contributed by atoms with E-state index in [1.807, 2.05) is 52.0 Å². The smallest absolute Gasteiger partial charge is 0.204 e. The molecule has 3 nitrogen and oxygen atoms in total. The van der Waals surface area contributed by atoms with Crippen LogP contribution in [-0.4, -0.2) is 13.0 Å². The fourth-order valence-corrected chi connectivity index (χ4v) is 1.60. The van der Waals surface area contributed by atoms with Crippen molar-refractivity contribution in [3.8, 4) is 0 Å². The molecule has 0 fully saturated rings. The summed E-state index contributed by atoms with van der Waals surface area (Å²) in [5.74, 6) is 0.917. The van der Waals surface area contributed by atoms with Crippen LogP contribution >= 0.6 is 0 Å². The molecule has 2 N–H and O–H groups in total. The molecular formula is C20H31NO2. The van der Waals surface area contributed by atoms with Crippen LogP contribution in [0, 0.1) is 0 Å². The number of aryl methyl sites for hydroxylation is 1. The topological polar surface area (TPSA) is 52.3 Å². The van der Waals surface area contributed by atoms with Gasteiger partial charge in [-0.2, -0.15) is 0 Å². The molecule has 128 valence electrons. The summed E-state index contributed by atoms with van der Waals surface area (Å²) in [5, 5.41) is 0. The number of hydrogen-bond donors (Lipinski definition) is 1. The maximum atomic E-state index is 8.58. The van der Waals surface area contributed by atoms with Gasteiger partial charge in [-0.25, -0.2) is 0 Å². The maximum Gasteiger partial charge on any atom is 0.204 e. The van der Waals surface area contributed by atoms with Crippen molar-refractivity contribution < 1.29 is 9.53 Å². The fourth-order valence-electron chi connectivity index (χ4n) is 1.60. The Balaban J connectivity index is 0. The third-order valence-electron chi connectivity index (χ3n) is 2.70. The second kappa shape index (κ2) is 17.8. The first-order valence-electron chi connectivity index (χ1n) is 7.97. The Morgan fingerprint density at radius 1 is 1.26 bits per heavy atom. The molecule has 0 aliphatic heterocycles. The maximum absolute atomic E-state index is 8.58. The van der Waals surface area contributed by atoms with Crippen LogP contribution in [0.4, 0.5) is 0 Å². The van der Waals surface area contributed by atoms with E-state index in [2.05, 4.69) is 36.6 Å². The zero-order valence-electron chi connectivity index (χ0n) is 14.9. The Morgan fingerprint density at radius 2 is 1.83 bits per heavy atom. The monoisotopic (exact) mass is 317 g/mol. The van der Waals surface area contributed by atoms with Gasteiger partial charge in [0.15, 0.2) is 0 Å². The van der Waals surface area contributed by atoms with Crippen LogP contribution in [0.15, 0.2) is 66.5 Å². The molecule has 0 atom stereocenters. The van der Waals surface area contributed by atoms with E-state index in [9.17, 15) is 0 Å². The number of ether oxygens (including phenoxy) is 1. The Labute approximate surface area is 141 Å². The fraction of sp³-hybridized carbons (Fsp3) is 0.350. The van der Waals surface area contributed by atoms with Crippen molar-refractivity contribution in [1.29, 1.82) is 0 Å². The van der Waals surface area contributed by atoms with Crippen molar-refractivity contribution in [3.63, 3.8) is 0 Å². The van der Waals surface area contributed by atoms with Crippen molar-refractivity contribution in [2.45, 2.75) is 40.5 Å². The van der Waals surface area contributed by atoms with Crippen molar-refractivity contribution in [1.82, 2.24) is 0 Å². The van der Waals surface area contributed by atoms with Gasteiger partial charge in [-0.1, -0.05) is 56.8 Å².